The van der Waals surface area contributed by atoms with Gasteiger partial charge < -0.3 is 14.7 Å². The van der Waals surface area contributed by atoms with Crippen molar-refractivity contribution in [3.05, 3.63) is 29.8 Å². The number of rotatable bonds is 5. The quantitative estimate of drug-likeness (QED) is 0.895. The topological polar surface area (TPSA) is 49.8 Å². The Morgan fingerprint density at radius 2 is 2.20 bits per heavy atom. The van der Waals surface area contributed by atoms with Gasteiger partial charge in [-0.05, 0) is 50.3 Å². The van der Waals surface area contributed by atoms with Crippen LogP contribution in [0.4, 0.5) is 0 Å². The zero-order chi connectivity index (χ0) is 14.7. The summed E-state index contributed by atoms with van der Waals surface area (Å²) in [5.41, 5.74) is 1.11. The molecule has 1 aromatic rings. The van der Waals surface area contributed by atoms with Crippen molar-refractivity contribution in [1.82, 2.24) is 4.90 Å². The standard InChI is InChI=1S/C16H23NO3/c1-11-5-4-6-15(7-11)20-12(2)16(19)17(3)10-13-8-14(18)9-13/h4-7,12-14,18H,8-10H2,1-3H3. The Labute approximate surface area is 120 Å². The van der Waals surface area contributed by atoms with Crippen molar-refractivity contribution >= 4 is 5.91 Å². The highest BCUT2D eigenvalue weighted by Crippen LogP contribution is 2.27. The number of aliphatic hydroxyl groups is 1. The third kappa shape index (κ3) is 3.73. The molecule has 2 rings (SSSR count). The Bertz CT molecular complexity index is 469. The van der Waals surface area contributed by atoms with Crippen LogP contribution in [0.15, 0.2) is 24.3 Å². The average Bonchev–Trinajstić information content (AvgIpc) is 2.35. The van der Waals surface area contributed by atoms with Gasteiger partial charge in [-0.2, -0.15) is 0 Å². The van der Waals surface area contributed by atoms with Crippen LogP contribution in [0, 0.1) is 12.8 Å². The molecule has 1 fully saturated rings. The monoisotopic (exact) mass is 277 g/mol. The largest absolute Gasteiger partial charge is 0.481 e. The third-order valence-electron chi connectivity index (χ3n) is 3.77. The van der Waals surface area contributed by atoms with E-state index >= 15 is 0 Å². The Morgan fingerprint density at radius 3 is 2.80 bits per heavy atom. The van der Waals surface area contributed by atoms with Crippen LogP contribution in [0.25, 0.3) is 0 Å². The molecule has 0 spiro atoms. The molecule has 0 aliphatic heterocycles. The summed E-state index contributed by atoms with van der Waals surface area (Å²) in [6.45, 7) is 4.46. The minimum absolute atomic E-state index is 0.0205. The zero-order valence-electron chi connectivity index (χ0n) is 12.4. The summed E-state index contributed by atoms with van der Waals surface area (Å²) >= 11 is 0. The fourth-order valence-electron chi connectivity index (χ4n) is 2.58. The maximum Gasteiger partial charge on any atom is 0.263 e. The van der Waals surface area contributed by atoms with Crippen molar-refractivity contribution in [2.24, 2.45) is 5.92 Å². The highest BCUT2D eigenvalue weighted by molar-refractivity contribution is 5.80. The molecular formula is C16H23NO3. The number of hydrogen-bond donors (Lipinski definition) is 1. The molecular weight excluding hydrogens is 254 g/mol. The molecule has 1 unspecified atom stereocenters. The summed E-state index contributed by atoms with van der Waals surface area (Å²) in [5, 5.41) is 9.27. The van der Waals surface area contributed by atoms with Gasteiger partial charge >= 0.3 is 0 Å². The lowest BCUT2D eigenvalue weighted by Crippen LogP contribution is -2.44. The van der Waals surface area contributed by atoms with E-state index in [4.69, 9.17) is 4.74 Å². The molecule has 1 aliphatic rings. The Balaban J connectivity index is 1.84. The number of amides is 1. The molecule has 1 atom stereocenters. The molecule has 20 heavy (non-hydrogen) atoms. The van der Waals surface area contributed by atoms with E-state index in [1.807, 2.05) is 31.2 Å². The summed E-state index contributed by atoms with van der Waals surface area (Å²) in [6.07, 6.45) is 0.923. The molecule has 1 saturated carbocycles. The summed E-state index contributed by atoms with van der Waals surface area (Å²) in [5.74, 6) is 1.12. The predicted octanol–water partition coefficient (Wildman–Crippen LogP) is 1.99. The van der Waals surface area contributed by atoms with Gasteiger partial charge in [0.05, 0.1) is 6.10 Å². The summed E-state index contributed by atoms with van der Waals surface area (Å²) in [7, 11) is 1.79. The summed E-state index contributed by atoms with van der Waals surface area (Å²) in [6, 6.07) is 7.69. The molecule has 1 aromatic carbocycles. The van der Waals surface area contributed by atoms with Crippen LogP contribution in [0.3, 0.4) is 0 Å². The first-order valence-corrected chi connectivity index (χ1v) is 7.12. The Kier molecular flexibility index (Phi) is 4.65. The van der Waals surface area contributed by atoms with Crippen molar-refractivity contribution in [3.63, 3.8) is 0 Å². The second-order valence-electron chi connectivity index (χ2n) is 5.79. The van der Waals surface area contributed by atoms with Crippen LogP contribution in [-0.2, 0) is 4.79 Å². The van der Waals surface area contributed by atoms with Crippen LogP contribution in [0.2, 0.25) is 0 Å². The first-order chi connectivity index (χ1) is 9.45. The van der Waals surface area contributed by atoms with E-state index < -0.39 is 6.10 Å². The zero-order valence-corrected chi connectivity index (χ0v) is 12.4. The van der Waals surface area contributed by atoms with E-state index in [2.05, 4.69) is 0 Å². The van der Waals surface area contributed by atoms with Crippen molar-refractivity contribution in [2.75, 3.05) is 13.6 Å². The van der Waals surface area contributed by atoms with Crippen LogP contribution < -0.4 is 4.74 Å². The van der Waals surface area contributed by atoms with Gasteiger partial charge in [-0.3, -0.25) is 4.79 Å². The molecule has 0 aromatic heterocycles. The van der Waals surface area contributed by atoms with E-state index in [0.29, 0.717) is 12.5 Å². The molecule has 1 aliphatic carbocycles. The predicted molar refractivity (Wildman–Crippen MR) is 77.6 cm³/mol. The van der Waals surface area contributed by atoms with Crippen molar-refractivity contribution in [2.45, 2.75) is 38.9 Å². The van der Waals surface area contributed by atoms with Gasteiger partial charge in [-0.25, -0.2) is 0 Å². The van der Waals surface area contributed by atoms with Crippen LogP contribution in [0.1, 0.15) is 25.3 Å². The maximum absolute atomic E-state index is 12.2. The fraction of sp³-hybridized carbons (Fsp3) is 0.562. The minimum atomic E-state index is -0.494. The number of carbonyl (C=O) groups is 1. The van der Waals surface area contributed by atoms with Crippen molar-refractivity contribution < 1.29 is 14.6 Å². The van der Waals surface area contributed by atoms with Crippen LogP contribution in [-0.4, -0.2) is 41.7 Å². The smallest absolute Gasteiger partial charge is 0.263 e. The Morgan fingerprint density at radius 1 is 1.50 bits per heavy atom. The number of hydrogen-bond acceptors (Lipinski definition) is 3. The molecule has 1 N–H and O–H groups in total. The van der Waals surface area contributed by atoms with Gasteiger partial charge in [-0.15, -0.1) is 0 Å². The molecule has 0 heterocycles. The highest BCUT2D eigenvalue weighted by atomic mass is 16.5. The van der Waals surface area contributed by atoms with E-state index in [1.54, 1.807) is 18.9 Å². The van der Waals surface area contributed by atoms with E-state index in [9.17, 15) is 9.90 Å². The molecule has 0 bridgehead atoms. The van der Waals surface area contributed by atoms with Gasteiger partial charge in [0, 0.05) is 13.6 Å². The SMILES string of the molecule is Cc1cccc(OC(C)C(=O)N(C)CC2CC(O)C2)c1. The fourth-order valence-corrected chi connectivity index (χ4v) is 2.58. The molecule has 0 radical (unpaired) electrons. The average molecular weight is 277 g/mol. The molecule has 4 heteroatoms. The van der Waals surface area contributed by atoms with Gasteiger partial charge in [0.25, 0.3) is 5.91 Å². The number of nitrogens with zero attached hydrogens (tertiary/aromatic N) is 1. The number of aliphatic hydroxyl groups excluding tert-OH is 1. The maximum atomic E-state index is 12.2. The summed E-state index contributed by atoms with van der Waals surface area (Å²) < 4.78 is 5.69. The van der Waals surface area contributed by atoms with Crippen LogP contribution >= 0.6 is 0 Å². The first-order valence-electron chi connectivity index (χ1n) is 7.12. The molecule has 110 valence electrons. The number of benzene rings is 1. The second kappa shape index (κ2) is 6.27. The van der Waals surface area contributed by atoms with Crippen molar-refractivity contribution in [3.8, 4) is 5.75 Å². The molecule has 1 amide bonds. The lowest BCUT2D eigenvalue weighted by Gasteiger charge is -2.35. The van der Waals surface area contributed by atoms with Gasteiger partial charge in [0.2, 0.25) is 0 Å². The molecule has 0 saturated heterocycles. The number of likely N-dealkylation sites (N-methyl/N-ethyl adjacent to an activating group) is 1. The second-order valence-corrected chi connectivity index (χ2v) is 5.79. The number of ether oxygens (including phenoxy) is 1. The van der Waals surface area contributed by atoms with Gasteiger partial charge in [0.15, 0.2) is 6.10 Å². The van der Waals surface area contributed by atoms with E-state index in [0.717, 1.165) is 24.2 Å². The Hall–Kier alpha value is -1.55. The number of carbonyl (C=O) groups excluding carboxylic acids is 1. The van der Waals surface area contributed by atoms with Crippen molar-refractivity contribution in [1.29, 1.82) is 0 Å². The van der Waals surface area contributed by atoms with Gasteiger partial charge in [0.1, 0.15) is 5.75 Å². The normalized spacial score (nSPS) is 22.8. The molecule has 4 nitrogen and oxygen atoms in total. The van der Waals surface area contributed by atoms with Crippen LogP contribution in [0.5, 0.6) is 5.75 Å². The third-order valence-corrected chi connectivity index (χ3v) is 3.77. The summed E-state index contributed by atoms with van der Waals surface area (Å²) in [4.78, 5) is 13.9. The van der Waals surface area contributed by atoms with Gasteiger partial charge in [-0.1, -0.05) is 12.1 Å². The minimum Gasteiger partial charge on any atom is -0.481 e. The lowest BCUT2D eigenvalue weighted by atomic mass is 9.82. The number of aryl methyl sites for hydroxylation is 1. The van der Waals surface area contributed by atoms with E-state index in [1.165, 1.54) is 0 Å². The van der Waals surface area contributed by atoms with E-state index in [-0.39, 0.29) is 12.0 Å². The first kappa shape index (κ1) is 14.9. The highest BCUT2D eigenvalue weighted by Gasteiger charge is 2.30. The lowest BCUT2D eigenvalue weighted by molar-refractivity contribution is -0.138.